The SMILES string of the molecule is CCCCCCCCN1C(=O)C(c2ccc(OC)c(OC)c2)=C(N(C)CCO)C1=O. The van der Waals surface area contributed by atoms with E-state index >= 15 is 0 Å². The molecule has 1 N–H and O–H groups in total. The van der Waals surface area contributed by atoms with E-state index < -0.39 is 0 Å². The van der Waals surface area contributed by atoms with Crippen LogP contribution in [-0.2, 0) is 9.59 Å². The molecule has 0 saturated heterocycles. The van der Waals surface area contributed by atoms with Crippen LogP contribution >= 0.6 is 0 Å². The molecule has 0 atom stereocenters. The van der Waals surface area contributed by atoms with E-state index in [-0.39, 0.29) is 25.0 Å². The van der Waals surface area contributed by atoms with Crippen molar-refractivity contribution < 1.29 is 24.2 Å². The Balaban J connectivity index is 2.29. The van der Waals surface area contributed by atoms with Crippen molar-refractivity contribution in [3.63, 3.8) is 0 Å². The quantitative estimate of drug-likeness (QED) is 0.392. The molecule has 0 aromatic heterocycles. The molecular weight excluding hydrogens is 384 g/mol. The zero-order valence-electron chi connectivity index (χ0n) is 18.6. The van der Waals surface area contributed by atoms with Crippen LogP contribution < -0.4 is 9.47 Å². The van der Waals surface area contributed by atoms with E-state index in [0.717, 1.165) is 19.3 Å². The molecule has 7 heteroatoms. The topological polar surface area (TPSA) is 79.3 Å². The lowest BCUT2D eigenvalue weighted by molar-refractivity contribution is -0.137. The van der Waals surface area contributed by atoms with E-state index in [1.54, 1.807) is 37.3 Å². The number of carbonyl (C=O) groups excluding carboxylic acids is 2. The van der Waals surface area contributed by atoms with Gasteiger partial charge in [-0.25, -0.2) is 0 Å². The molecule has 166 valence electrons. The number of methoxy groups -OCH3 is 2. The van der Waals surface area contributed by atoms with Gasteiger partial charge < -0.3 is 19.5 Å². The standard InChI is InChI=1S/C23H34N2O5/c1-5-6-7-8-9-10-13-25-22(27)20(21(23(25)28)24(2)14-15-26)17-11-12-18(29-3)19(16-17)30-4/h11-12,16,26H,5-10,13-15H2,1-4H3. The van der Waals surface area contributed by atoms with E-state index in [2.05, 4.69) is 6.92 Å². The average Bonchev–Trinajstić information content (AvgIpc) is 3.00. The monoisotopic (exact) mass is 418 g/mol. The van der Waals surface area contributed by atoms with Crippen LogP contribution in [0.5, 0.6) is 11.5 Å². The molecule has 0 radical (unpaired) electrons. The van der Waals surface area contributed by atoms with Crippen molar-refractivity contribution >= 4 is 17.4 Å². The van der Waals surface area contributed by atoms with Gasteiger partial charge in [0.2, 0.25) is 0 Å². The molecule has 0 aliphatic carbocycles. The number of rotatable bonds is 13. The number of unbranched alkanes of at least 4 members (excludes halogenated alkanes) is 5. The Labute approximate surface area is 179 Å². The lowest BCUT2D eigenvalue weighted by atomic mass is 10.0. The van der Waals surface area contributed by atoms with Crippen molar-refractivity contribution in [2.75, 3.05) is 41.0 Å². The molecule has 2 amide bonds. The number of aliphatic hydroxyl groups excluding tert-OH is 1. The van der Waals surface area contributed by atoms with Gasteiger partial charge in [-0.3, -0.25) is 14.5 Å². The van der Waals surface area contributed by atoms with Gasteiger partial charge in [-0.15, -0.1) is 0 Å². The highest BCUT2D eigenvalue weighted by Crippen LogP contribution is 2.36. The van der Waals surface area contributed by atoms with Gasteiger partial charge in [0, 0.05) is 20.1 Å². The van der Waals surface area contributed by atoms with Crippen LogP contribution in [0, 0.1) is 0 Å². The summed E-state index contributed by atoms with van der Waals surface area (Å²) in [4.78, 5) is 29.3. The molecule has 30 heavy (non-hydrogen) atoms. The summed E-state index contributed by atoms with van der Waals surface area (Å²) in [5.74, 6) is 0.420. The Bertz CT molecular complexity index is 775. The molecule has 7 nitrogen and oxygen atoms in total. The molecule has 2 rings (SSSR count). The van der Waals surface area contributed by atoms with Crippen LogP contribution in [0.1, 0.15) is 51.0 Å². The zero-order chi connectivity index (χ0) is 22.1. The predicted octanol–water partition coefficient (Wildman–Crippen LogP) is 3.07. The fourth-order valence-electron chi connectivity index (χ4n) is 3.68. The number of likely N-dealkylation sites (N-methyl/N-ethyl adjacent to an activating group) is 1. The minimum absolute atomic E-state index is 0.113. The maximum Gasteiger partial charge on any atom is 0.277 e. The minimum Gasteiger partial charge on any atom is -0.493 e. The van der Waals surface area contributed by atoms with Gasteiger partial charge in [-0.1, -0.05) is 45.1 Å². The third-order valence-electron chi connectivity index (χ3n) is 5.37. The van der Waals surface area contributed by atoms with Crippen LogP contribution in [-0.4, -0.2) is 67.7 Å². The van der Waals surface area contributed by atoms with E-state index in [9.17, 15) is 14.7 Å². The summed E-state index contributed by atoms with van der Waals surface area (Å²) in [6.45, 7) is 2.72. The van der Waals surface area contributed by atoms with Gasteiger partial charge in [-0.2, -0.15) is 0 Å². The van der Waals surface area contributed by atoms with E-state index in [1.165, 1.54) is 31.3 Å². The molecular formula is C23H34N2O5. The largest absolute Gasteiger partial charge is 0.493 e. The van der Waals surface area contributed by atoms with Crippen molar-refractivity contribution in [3.8, 4) is 11.5 Å². The lowest BCUT2D eigenvalue weighted by Gasteiger charge is -2.20. The summed E-state index contributed by atoms with van der Waals surface area (Å²) in [6, 6.07) is 5.18. The Morgan fingerprint density at radius 1 is 0.967 bits per heavy atom. The number of aliphatic hydroxyl groups is 1. The van der Waals surface area contributed by atoms with Gasteiger partial charge in [-0.05, 0) is 24.1 Å². The van der Waals surface area contributed by atoms with Crippen molar-refractivity contribution in [1.82, 2.24) is 9.80 Å². The van der Waals surface area contributed by atoms with Gasteiger partial charge in [0.25, 0.3) is 11.8 Å². The minimum atomic E-state index is -0.311. The summed E-state index contributed by atoms with van der Waals surface area (Å²) in [5.41, 5.74) is 1.24. The lowest BCUT2D eigenvalue weighted by Crippen LogP contribution is -2.35. The van der Waals surface area contributed by atoms with Crippen molar-refractivity contribution in [2.45, 2.75) is 45.4 Å². The smallest absolute Gasteiger partial charge is 0.277 e. The highest BCUT2D eigenvalue weighted by atomic mass is 16.5. The summed E-state index contributed by atoms with van der Waals surface area (Å²) in [5, 5.41) is 9.36. The number of carbonyl (C=O) groups is 2. The highest BCUT2D eigenvalue weighted by molar-refractivity contribution is 6.35. The van der Waals surface area contributed by atoms with Gasteiger partial charge in [0.05, 0.1) is 26.4 Å². The summed E-state index contributed by atoms with van der Waals surface area (Å²) in [6.07, 6.45) is 6.46. The zero-order valence-corrected chi connectivity index (χ0v) is 18.6. The van der Waals surface area contributed by atoms with Crippen LogP contribution in [0.3, 0.4) is 0 Å². The number of hydrogen-bond donors (Lipinski definition) is 1. The van der Waals surface area contributed by atoms with E-state index in [1.807, 2.05) is 0 Å². The Morgan fingerprint density at radius 3 is 2.27 bits per heavy atom. The summed E-state index contributed by atoms with van der Waals surface area (Å²) in [7, 11) is 4.79. The van der Waals surface area contributed by atoms with Crippen molar-refractivity contribution in [1.29, 1.82) is 0 Å². The Morgan fingerprint density at radius 2 is 1.63 bits per heavy atom. The first-order chi connectivity index (χ1) is 14.5. The summed E-state index contributed by atoms with van der Waals surface area (Å²) >= 11 is 0. The Kier molecular flexibility index (Phi) is 9.17. The molecule has 1 aromatic rings. The average molecular weight is 419 g/mol. The predicted molar refractivity (Wildman–Crippen MR) is 116 cm³/mol. The molecule has 0 unspecified atom stereocenters. The van der Waals surface area contributed by atoms with E-state index in [4.69, 9.17) is 9.47 Å². The molecule has 0 saturated carbocycles. The van der Waals surface area contributed by atoms with Crippen LogP contribution in [0.2, 0.25) is 0 Å². The molecule has 1 aliphatic rings. The van der Waals surface area contributed by atoms with Crippen LogP contribution in [0.25, 0.3) is 5.57 Å². The first kappa shape index (κ1) is 23.7. The number of ether oxygens (including phenoxy) is 2. The molecule has 1 heterocycles. The second-order valence-corrected chi connectivity index (χ2v) is 7.47. The molecule has 0 spiro atoms. The molecule has 0 bridgehead atoms. The maximum atomic E-state index is 13.2. The fraction of sp³-hybridized carbons (Fsp3) is 0.565. The normalized spacial score (nSPS) is 14.0. The van der Waals surface area contributed by atoms with Gasteiger partial charge in [0.15, 0.2) is 11.5 Å². The fourth-order valence-corrected chi connectivity index (χ4v) is 3.68. The second-order valence-electron chi connectivity index (χ2n) is 7.47. The van der Waals surface area contributed by atoms with Crippen LogP contribution in [0.15, 0.2) is 23.9 Å². The third kappa shape index (κ3) is 5.33. The second kappa shape index (κ2) is 11.6. The first-order valence-corrected chi connectivity index (χ1v) is 10.6. The number of benzene rings is 1. The van der Waals surface area contributed by atoms with E-state index in [0.29, 0.717) is 34.9 Å². The third-order valence-corrected chi connectivity index (χ3v) is 5.37. The van der Waals surface area contributed by atoms with Crippen molar-refractivity contribution in [2.24, 2.45) is 0 Å². The maximum absolute atomic E-state index is 13.2. The van der Waals surface area contributed by atoms with Crippen LogP contribution in [0.4, 0.5) is 0 Å². The number of hydrogen-bond acceptors (Lipinski definition) is 6. The highest BCUT2D eigenvalue weighted by Gasteiger charge is 2.40. The van der Waals surface area contributed by atoms with Crippen molar-refractivity contribution in [3.05, 3.63) is 29.5 Å². The number of imide groups is 1. The van der Waals surface area contributed by atoms with Gasteiger partial charge in [0.1, 0.15) is 5.70 Å². The molecule has 1 aromatic carbocycles. The Hall–Kier alpha value is -2.54. The molecule has 1 aliphatic heterocycles. The number of nitrogens with zero attached hydrogens (tertiary/aromatic N) is 2. The summed E-state index contributed by atoms with van der Waals surface area (Å²) < 4.78 is 10.7. The number of amides is 2. The first-order valence-electron chi connectivity index (χ1n) is 10.6. The van der Waals surface area contributed by atoms with Gasteiger partial charge >= 0.3 is 0 Å². The molecule has 0 fully saturated rings.